The van der Waals surface area contributed by atoms with Gasteiger partial charge in [-0.05, 0) is 26.0 Å². The highest BCUT2D eigenvalue weighted by atomic mass is 32.2. The monoisotopic (exact) mass is 307 g/mol. The van der Waals surface area contributed by atoms with Crippen LogP contribution in [0.15, 0.2) is 4.21 Å². The zero-order chi connectivity index (χ0) is 13.3. The number of rotatable bonds is 4. The zero-order valence-corrected chi connectivity index (χ0v) is 12.8. The number of sulfonamides is 1. The summed E-state index contributed by atoms with van der Waals surface area (Å²) >= 11 is 2.74. The van der Waals surface area contributed by atoms with E-state index in [1.165, 1.54) is 0 Å². The molecular formula is C10H17N3O2S3. The van der Waals surface area contributed by atoms with Gasteiger partial charge in [-0.1, -0.05) is 17.8 Å². The van der Waals surface area contributed by atoms with Crippen LogP contribution < -0.4 is 10.5 Å². The normalized spacial score (nSPS) is 24.6. The lowest BCUT2D eigenvalue weighted by Gasteiger charge is -2.18. The van der Waals surface area contributed by atoms with Crippen molar-refractivity contribution in [3.8, 4) is 0 Å². The number of aromatic nitrogens is 1. The van der Waals surface area contributed by atoms with E-state index in [9.17, 15) is 8.42 Å². The summed E-state index contributed by atoms with van der Waals surface area (Å²) in [6, 6.07) is 0.0210. The van der Waals surface area contributed by atoms with E-state index in [2.05, 4.69) is 9.71 Å². The molecule has 1 heterocycles. The largest absolute Gasteiger partial charge is 0.375 e. The zero-order valence-electron chi connectivity index (χ0n) is 10.3. The van der Waals surface area contributed by atoms with Crippen LogP contribution in [0.5, 0.6) is 0 Å². The van der Waals surface area contributed by atoms with Crippen molar-refractivity contribution in [2.24, 2.45) is 0 Å². The molecule has 1 fully saturated rings. The molecule has 1 aromatic rings. The Balaban J connectivity index is 2.19. The van der Waals surface area contributed by atoms with E-state index in [1.54, 1.807) is 18.7 Å². The van der Waals surface area contributed by atoms with Gasteiger partial charge < -0.3 is 5.73 Å². The summed E-state index contributed by atoms with van der Waals surface area (Å²) in [5, 5.41) is 0.658. The van der Waals surface area contributed by atoms with Crippen LogP contribution in [-0.2, 0) is 10.0 Å². The van der Waals surface area contributed by atoms with Gasteiger partial charge in [0.1, 0.15) is 0 Å². The number of hydrogen-bond donors (Lipinski definition) is 2. The second-order valence-electron chi connectivity index (χ2n) is 4.36. The van der Waals surface area contributed by atoms with Crippen LogP contribution in [0, 0.1) is 6.92 Å². The van der Waals surface area contributed by atoms with Gasteiger partial charge in [-0.2, -0.15) is 11.8 Å². The summed E-state index contributed by atoms with van der Waals surface area (Å²) in [4.78, 5) is 3.96. The first-order chi connectivity index (χ1) is 8.44. The molecule has 8 heteroatoms. The molecule has 0 amide bonds. The number of anilines is 1. The Hall–Kier alpha value is -0.310. The summed E-state index contributed by atoms with van der Waals surface area (Å²) < 4.78 is 27.6. The molecular weight excluding hydrogens is 290 g/mol. The van der Waals surface area contributed by atoms with Crippen LogP contribution in [0.1, 0.15) is 25.0 Å². The van der Waals surface area contributed by atoms with Crippen LogP contribution in [-0.4, -0.2) is 30.9 Å². The predicted molar refractivity (Wildman–Crippen MR) is 76.5 cm³/mol. The topological polar surface area (TPSA) is 85.1 Å². The number of nitrogens with zero attached hydrogens (tertiary/aromatic N) is 1. The minimum atomic E-state index is -3.48. The van der Waals surface area contributed by atoms with Crippen molar-refractivity contribution < 1.29 is 8.42 Å². The third kappa shape index (κ3) is 2.81. The van der Waals surface area contributed by atoms with Crippen LogP contribution in [0.2, 0.25) is 0 Å². The second kappa shape index (κ2) is 5.36. The van der Waals surface area contributed by atoms with Gasteiger partial charge in [0.05, 0.1) is 5.69 Å². The van der Waals surface area contributed by atoms with Crippen LogP contribution in [0.3, 0.4) is 0 Å². The summed E-state index contributed by atoms with van der Waals surface area (Å²) in [5.74, 6) is 0. The summed E-state index contributed by atoms with van der Waals surface area (Å²) in [7, 11) is -3.48. The second-order valence-corrected chi connectivity index (χ2v) is 8.37. The van der Waals surface area contributed by atoms with E-state index in [1.807, 2.05) is 6.26 Å². The third-order valence-corrected chi connectivity index (χ3v) is 7.33. The highest BCUT2D eigenvalue weighted by molar-refractivity contribution is 7.99. The van der Waals surface area contributed by atoms with Gasteiger partial charge in [0.25, 0.3) is 10.0 Å². The van der Waals surface area contributed by atoms with Crippen molar-refractivity contribution in [1.82, 2.24) is 9.71 Å². The molecule has 2 unspecified atom stereocenters. The number of hydrogen-bond acceptors (Lipinski definition) is 6. The predicted octanol–water partition coefficient (Wildman–Crippen LogP) is 1.60. The molecule has 18 heavy (non-hydrogen) atoms. The maximum Gasteiger partial charge on any atom is 0.252 e. The standard InChI is InChI=1S/C10H17N3O2S3/c1-6-9(17-10(11)12-6)18(14,15)13-7-4-3-5-8(7)16-2/h7-8,13H,3-5H2,1-2H3,(H2,11,12). The first-order valence-electron chi connectivity index (χ1n) is 5.72. The molecule has 0 radical (unpaired) electrons. The van der Waals surface area contributed by atoms with Crippen molar-refractivity contribution >= 4 is 38.3 Å². The summed E-state index contributed by atoms with van der Waals surface area (Å²) in [6.45, 7) is 1.67. The van der Waals surface area contributed by atoms with Crippen molar-refractivity contribution in [3.63, 3.8) is 0 Å². The molecule has 2 atom stereocenters. The summed E-state index contributed by atoms with van der Waals surface area (Å²) in [6.07, 6.45) is 5.06. The Morgan fingerprint density at radius 3 is 2.78 bits per heavy atom. The van der Waals surface area contributed by atoms with E-state index < -0.39 is 10.0 Å². The van der Waals surface area contributed by atoms with E-state index in [4.69, 9.17) is 5.73 Å². The van der Waals surface area contributed by atoms with Gasteiger partial charge >= 0.3 is 0 Å². The summed E-state index contributed by atoms with van der Waals surface area (Å²) in [5.41, 5.74) is 6.02. The molecule has 0 aromatic carbocycles. The van der Waals surface area contributed by atoms with E-state index >= 15 is 0 Å². The number of thioether (sulfide) groups is 1. The molecule has 0 aliphatic heterocycles. The molecule has 0 saturated heterocycles. The van der Waals surface area contributed by atoms with Crippen molar-refractivity contribution in [1.29, 1.82) is 0 Å². The van der Waals surface area contributed by atoms with Gasteiger partial charge in [-0.15, -0.1) is 0 Å². The highest BCUT2D eigenvalue weighted by Crippen LogP contribution is 2.31. The number of thiazole rings is 1. The maximum atomic E-state index is 12.3. The van der Waals surface area contributed by atoms with Crippen LogP contribution in [0.4, 0.5) is 5.13 Å². The number of nitrogens with two attached hydrogens (primary N) is 1. The SMILES string of the molecule is CSC1CCCC1NS(=O)(=O)c1sc(N)nc1C. The smallest absolute Gasteiger partial charge is 0.252 e. The molecule has 3 N–H and O–H groups in total. The van der Waals surface area contributed by atoms with Gasteiger partial charge in [-0.3, -0.25) is 0 Å². The van der Waals surface area contributed by atoms with E-state index in [-0.39, 0.29) is 10.3 Å². The first-order valence-corrected chi connectivity index (χ1v) is 9.31. The van der Waals surface area contributed by atoms with E-state index in [0.717, 1.165) is 30.6 Å². The molecule has 1 aromatic heterocycles. The number of aryl methyl sites for hydroxylation is 1. The van der Waals surface area contributed by atoms with Gasteiger partial charge in [0.15, 0.2) is 9.34 Å². The minimum Gasteiger partial charge on any atom is -0.375 e. The molecule has 2 rings (SSSR count). The Labute approximate surface area is 116 Å². The Kier molecular flexibility index (Phi) is 4.20. The third-order valence-electron chi connectivity index (χ3n) is 3.08. The maximum absolute atomic E-state index is 12.3. The minimum absolute atomic E-state index is 0.0210. The molecule has 5 nitrogen and oxygen atoms in total. The molecule has 1 aliphatic rings. The molecule has 1 saturated carbocycles. The lowest BCUT2D eigenvalue weighted by molar-refractivity contribution is 0.556. The fourth-order valence-electron chi connectivity index (χ4n) is 2.25. The Morgan fingerprint density at radius 1 is 1.50 bits per heavy atom. The number of nitrogen functional groups attached to an aromatic ring is 1. The molecule has 102 valence electrons. The molecule has 0 bridgehead atoms. The fourth-order valence-corrected chi connectivity index (χ4v) is 5.90. The van der Waals surface area contributed by atoms with Crippen molar-refractivity contribution in [2.45, 2.75) is 41.7 Å². The van der Waals surface area contributed by atoms with Gasteiger partial charge in [0.2, 0.25) is 0 Å². The van der Waals surface area contributed by atoms with Crippen molar-refractivity contribution in [2.75, 3.05) is 12.0 Å². The molecule has 1 aliphatic carbocycles. The average Bonchev–Trinajstić information content (AvgIpc) is 2.84. The van der Waals surface area contributed by atoms with Gasteiger partial charge in [0, 0.05) is 11.3 Å². The number of nitrogens with one attached hydrogen (secondary N) is 1. The van der Waals surface area contributed by atoms with Crippen LogP contribution >= 0.6 is 23.1 Å². The highest BCUT2D eigenvalue weighted by Gasteiger charge is 2.32. The lowest BCUT2D eigenvalue weighted by atomic mass is 10.3. The van der Waals surface area contributed by atoms with Crippen LogP contribution in [0.25, 0.3) is 0 Å². The fraction of sp³-hybridized carbons (Fsp3) is 0.700. The Bertz CT molecular complexity index is 526. The van der Waals surface area contributed by atoms with Crippen molar-refractivity contribution in [3.05, 3.63) is 5.69 Å². The lowest BCUT2D eigenvalue weighted by Crippen LogP contribution is -2.38. The first kappa shape index (κ1) is 14.1. The molecule has 0 spiro atoms. The Morgan fingerprint density at radius 2 is 2.22 bits per heavy atom. The average molecular weight is 307 g/mol. The quantitative estimate of drug-likeness (QED) is 0.882. The van der Waals surface area contributed by atoms with Gasteiger partial charge in [-0.25, -0.2) is 18.1 Å². The van der Waals surface area contributed by atoms with E-state index in [0.29, 0.717) is 16.1 Å².